The van der Waals surface area contributed by atoms with Crippen LogP contribution in [-0.4, -0.2) is 6.26 Å². The first-order valence-electron chi connectivity index (χ1n) is 20.0. The van der Waals surface area contributed by atoms with Crippen molar-refractivity contribution in [2.24, 2.45) is 0 Å². The predicted octanol–water partition coefficient (Wildman–Crippen LogP) is 15.9. The molecule has 0 aliphatic heterocycles. The van der Waals surface area contributed by atoms with E-state index in [0.29, 0.717) is 0 Å². The van der Waals surface area contributed by atoms with Crippen molar-refractivity contribution >= 4 is 89.2 Å². The zero-order valence-electron chi connectivity index (χ0n) is 33.5. The van der Waals surface area contributed by atoms with E-state index in [9.17, 15) is 0 Å². The number of nitrogens with zero attached hydrogens (tertiary/aromatic N) is 3. The number of hydrogen-bond acceptors (Lipinski definition) is 4. The van der Waals surface area contributed by atoms with Crippen molar-refractivity contribution in [3.8, 4) is 0 Å². The van der Waals surface area contributed by atoms with Gasteiger partial charge in [0.15, 0.2) is 0 Å². The first-order chi connectivity index (χ1) is 29.0. The number of rotatable bonds is 8. The first kappa shape index (κ1) is 37.6. The smallest absolute Gasteiger partial charge is 0.0882 e. The molecule has 0 bridgehead atoms. The second-order valence-corrected chi connectivity index (χ2v) is 15.6. The Labute approximate surface area is 351 Å². The molecule has 0 aliphatic rings. The molecule has 10 rings (SSSR count). The molecule has 0 atom stereocenters. The lowest BCUT2D eigenvalue weighted by molar-refractivity contribution is 0.985. The van der Waals surface area contributed by atoms with Gasteiger partial charge in [-0.1, -0.05) is 169 Å². The number of hydrazine groups is 1. The number of para-hydroxylation sites is 3. The molecule has 0 fully saturated rings. The van der Waals surface area contributed by atoms with Crippen LogP contribution in [0.2, 0.25) is 0 Å². The van der Waals surface area contributed by atoms with Crippen molar-refractivity contribution in [2.75, 3.05) is 20.6 Å². The topological polar surface area (TPSA) is 9.72 Å². The maximum atomic E-state index is 2.39. The average molecular weight is 780 g/mol. The first-order valence-corrected chi connectivity index (χ1v) is 21.2. The minimum Gasteiger partial charge on any atom is -0.283 e. The lowest BCUT2D eigenvalue weighted by Gasteiger charge is -2.41. The zero-order chi connectivity index (χ0) is 40.1. The number of fused-ring (bicyclic) bond motifs is 4. The molecule has 0 saturated heterocycles. The maximum Gasteiger partial charge on any atom is 0.0882 e. The fourth-order valence-electron chi connectivity index (χ4n) is 7.91. The summed E-state index contributed by atoms with van der Waals surface area (Å²) >= 11 is 1.71. The van der Waals surface area contributed by atoms with Gasteiger partial charge in [-0.2, -0.15) is 0 Å². The van der Waals surface area contributed by atoms with Gasteiger partial charge in [-0.15, -0.1) is 0 Å². The summed E-state index contributed by atoms with van der Waals surface area (Å²) in [5.74, 6) is 0. The molecule has 10 aromatic carbocycles. The minimum atomic E-state index is 1.06. The third-order valence-corrected chi connectivity index (χ3v) is 11.7. The molecular weight excluding hydrogens is 735 g/mol. The molecule has 0 amide bonds. The maximum absolute atomic E-state index is 2.39. The van der Waals surface area contributed by atoms with Gasteiger partial charge < -0.3 is 0 Å². The molecule has 0 saturated carbocycles. The van der Waals surface area contributed by atoms with Crippen LogP contribution in [0, 0.1) is 13.8 Å². The van der Waals surface area contributed by atoms with E-state index in [1.165, 1.54) is 54.2 Å². The Bertz CT molecular complexity index is 3060. The van der Waals surface area contributed by atoms with Gasteiger partial charge in [-0.3, -0.25) is 4.31 Å². The van der Waals surface area contributed by atoms with E-state index in [1.807, 2.05) is 0 Å². The van der Waals surface area contributed by atoms with Crippen molar-refractivity contribution in [3.63, 3.8) is 0 Å². The van der Waals surface area contributed by atoms with Crippen molar-refractivity contribution in [3.05, 3.63) is 230 Å². The average Bonchev–Trinajstić information content (AvgIpc) is 3.29. The van der Waals surface area contributed by atoms with Crippen LogP contribution < -0.4 is 14.3 Å². The Morgan fingerprint density at radius 1 is 0.305 bits per heavy atom. The highest BCUT2D eigenvalue weighted by atomic mass is 32.2. The van der Waals surface area contributed by atoms with Crippen LogP contribution in [-0.2, 0) is 0 Å². The van der Waals surface area contributed by atoms with Crippen LogP contribution in [0.4, 0.5) is 34.1 Å². The molecule has 286 valence electrons. The molecular formula is C55H45N3S. The Balaban J connectivity index is 0.000000352. The Hall–Kier alpha value is -7.01. The summed E-state index contributed by atoms with van der Waals surface area (Å²) in [4.78, 5) is 0. The highest BCUT2D eigenvalue weighted by Crippen LogP contribution is 2.46. The number of hydrogen-bond donors (Lipinski definition) is 0. The van der Waals surface area contributed by atoms with Crippen LogP contribution in [0.1, 0.15) is 11.1 Å². The third-order valence-electron chi connectivity index (χ3n) is 10.9. The van der Waals surface area contributed by atoms with E-state index in [2.05, 4.69) is 253 Å². The van der Waals surface area contributed by atoms with Crippen LogP contribution >= 0.6 is 11.9 Å². The predicted molar refractivity (Wildman–Crippen MR) is 258 cm³/mol. The van der Waals surface area contributed by atoms with Crippen molar-refractivity contribution < 1.29 is 0 Å². The zero-order valence-corrected chi connectivity index (χ0v) is 34.4. The van der Waals surface area contributed by atoms with E-state index in [1.54, 1.807) is 11.9 Å². The van der Waals surface area contributed by atoms with Gasteiger partial charge in [-0.05, 0) is 129 Å². The van der Waals surface area contributed by atoms with Crippen molar-refractivity contribution in [2.45, 2.75) is 13.8 Å². The van der Waals surface area contributed by atoms with Gasteiger partial charge in [0.05, 0.1) is 34.1 Å². The molecule has 59 heavy (non-hydrogen) atoms. The fraction of sp³-hybridized carbons (Fsp3) is 0.0545. The molecule has 0 heterocycles. The lowest BCUT2D eigenvalue weighted by atomic mass is 10.1. The summed E-state index contributed by atoms with van der Waals surface area (Å²) in [5, 5.41) is 14.7. The Kier molecular flexibility index (Phi) is 10.7. The molecule has 10 aromatic rings. The number of anilines is 6. The standard InChI is InChI=1S/C44H35N3S.C11H10/c1-32-13-3-10-20-42(32)45(39-26-23-33-14-4-7-17-36(33)29-39)46(40-27-24-34-15-5-8-18-37(34)30-40)43-21-11-12-22-44(43)47(48-2)41-28-25-35-16-6-9-19-38(35)31-41;1-9-6-7-10-4-2-3-5-11(10)8-9/h3-31H,1-2H3;2-8H,1H3. The van der Waals surface area contributed by atoms with Crippen LogP contribution in [0.5, 0.6) is 0 Å². The summed E-state index contributed by atoms with van der Waals surface area (Å²) in [6.07, 6.45) is 2.15. The molecule has 0 radical (unpaired) electrons. The summed E-state index contributed by atoms with van der Waals surface area (Å²) in [5.41, 5.74) is 9.04. The molecule has 4 heteroatoms. The van der Waals surface area contributed by atoms with E-state index >= 15 is 0 Å². The summed E-state index contributed by atoms with van der Waals surface area (Å²) in [7, 11) is 0. The molecule has 0 spiro atoms. The Morgan fingerprint density at radius 2 is 0.661 bits per heavy atom. The normalized spacial score (nSPS) is 11.0. The van der Waals surface area contributed by atoms with Crippen LogP contribution in [0.15, 0.2) is 218 Å². The van der Waals surface area contributed by atoms with E-state index < -0.39 is 0 Å². The minimum absolute atomic E-state index is 1.06. The molecule has 0 aromatic heterocycles. The fourth-order valence-corrected chi connectivity index (χ4v) is 8.59. The largest absolute Gasteiger partial charge is 0.283 e. The molecule has 0 unspecified atom stereocenters. The van der Waals surface area contributed by atoms with Gasteiger partial charge in [0.1, 0.15) is 0 Å². The van der Waals surface area contributed by atoms with Crippen LogP contribution in [0.25, 0.3) is 43.1 Å². The van der Waals surface area contributed by atoms with Crippen molar-refractivity contribution in [1.82, 2.24) is 0 Å². The lowest BCUT2D eigenvalue weighted by Crippen LogP contribution is -2.37. The monoisotopic (exact) mass is 779 g/mol. The summed E-state index contributed by atoms with van der Waals surface area (Å²) in [6.45, 7) is 4.31. The summed E-state index contributed by atoms with van der Waals surface area (Å²) in [6, 6.07) is 78.3. The van der Waals surface area contributed by atoms with E-state index in [-0.39, 0.29) is 0 Å². The Morgan fingerprint density at radius 3 is 1.15 bits per heavy atom. The quantitative estimate of drug-likeness (QED) is 0.112. The van der Waals surface area contributed by atoms with Gasteiger partial charge in [0.25, 0.3) is 0 Å². The van der Waals surface area contributed by atoms with Gasteiger partial charge in [0, 0.05) is 6.26 Å². The molecule has 0 aliphatic carbocycles. The van der Waals surface area contributed by atoms with E-state index in [4.69, 9.17) is 0 Å². The number of aryl methyl sites for hydroxylation is 2. The molecule has 0 N–H and O–H groups in total. The second-order valence-electron chi connectivity index (χ2n) is 14.8. The highest BCUT2D eigenvalue weighted by molar-refractivity contribution is 8.00. The molecule has 3 nitrogen and oxygen atoms in total. The summed E-state index contributed by atoms with van der Waals surface area (Å²) < 4.78 is 2.34. The third kappa shape index (κ3) is 7.83. The van der Waals surface area contributed by atoms with Gasteiger partial charge in [-0.25, -0.2) is 10.0 Å². The number of benzene rings is 10. The highest BCUT2D eigenvalue weighted by Gasteiger charge is 2.27. The van der Waals surface area contributed by atoms with Gasteiger partial charge >= 0.3 is 0 Å². The van der Waals surface area contributed by atoms with Crippen molar-refractivity contribution in [1.29, 1.82) is 0 Å². The van der Waals surface area contributed by atoms with Crippen LogP contribution in [0.3, 0.4) is 0 Å². The van der Waals surface area contributed by atoms with Gasteiger partial charge in [0.2, 0.25) is 0 Å². The second kappa shape index (κ2) is 16.8. The SMILES string of the molecule is CSN(c1ccc2ccccc2c1)c1ccccc1N(c1ccc2ccccc2c1)N(c1ccc2ccccc2c1)c1ccccc1C.Cc1ccc2ccccc2c1. The van der Waals surface area contributed by atoms with E-state index in [0.717, 1.165) is 34.1 Å².